The standard InChI is InChI=1S/C18H22N4O2/c1-11-9-12(2)20-17(19-11)13-7-8-22(10-13)18(23)16-14-5-3-4-6-15(14)24-21-16/h9,13H,3-8,10H2,1-2H3/t13-/m1/s1. The Balaban J connectivity index is 1.52. The first-order chi connectivity index (χ1) is 11.6. The van der Waals surface area contributed by atoms with Gasteiger partial charge in [-0.15, -0.1) is 0 Å². The minimum Gasteiger partial charge on any atom is -0.360 e. The first-order valence-corrected chi connectivity index (χ1v) is 8.70. The molecule has 0 saturated carbocycles. The molecule has 6 heteroatoms. The monoisotopic (exact) mass is 326 g/mol. The molecule has 1 saturated heterocycles. The van der Waals surface area contributed by atoms with E-state index in [0.29, 0.717) is 12.2 Å². The SMILES string of the molecule is Cc1cc(C)nc([C@@H]2CCN(C(=O)c3noc4c3CCCC4)C2)n1. The molecule has 0 radical (unpaired) electrons. The minimum absolute atomic E-state index is 0.00576. The van der Waals surface area contributed by atoms with E-state index >= 15 is 0 Å². The van der Waals surface area contributed by atoms with E-state index in [9.17, 15) is 4.79 Å². The van der Waals surface area contributed by atoms with Gasteiger partial charge >= 0.3 is 0 Å². The van der Waals surface area contributed by atoms with E-state index in [4.69, 9.17) is 4.52 Å². The van der Waals surface area contributed by atoms with E-state index in [-0.39, 0.29) is 11.8 Å². The highest BCUT2D eigenvalue weighted by Crippen LogP contribution is 2.29. The molecule has 1 fully saturated rings. The molecule has 0 N–H and O–H groups in total. The van der Waals surface area contributed by atoms with Crippen LogP contribution in [0.3, 0.4) is 0 Å². The van der Waals surface area contributed by atoms with Gasteiger partial charge in [0.25, 0.3) is 5.91 Å². The zero-order valence-electron chi connectivity index (χ0n) is 14.2. The van der Waals surface area contributed by atoms with Crippen molar-refractivity contribution < 1.29 is 9.32 Å². The summed E-state index contributed by atoms with van der Waals surface area (Å²) >= 11 is 0. The summed E-state index contributed by atoms with van der Waals surface area (Å²) < 4.78 is 5.39. The Morgan fingerprint density at radius 1 is 1.21 bits per heavy atom. The number of amides is 1. The van der Waals surface area contributed by atoms with Gasteiger partial charge in [0, 0.05) is 42.4 Å². The van der Waals surface area contributed by atoms with E-state index in [0.717, 1.165) is 67.2 Å². The fraction of sp³-hybridized carbons (Fsp3) is 0.556. The summed E-state index contributed by atoms with van der Waals surface area (Å²) in [5.41, 5.74) is 3.50. The van der Waals surface area contributed by atoms with Crippen LogP contribution >= 0.6 is 0 Å². The van der Waals surface area contributed by atoms with Gasteiger partial charge in [-0.3, -0.25) is 4.79 Å². The van der Waals surface area contributed by atoms with Crippen LogP contribution < -0.4 is 0 Å². The number of aryl methyl sites for hydroxylation is 3. The molecular formula is C18H22N4O2. The topological polar surface area (TPSA) is 72.1 Å². The highest BCUT2D eigenvalue weighted by Gasteiger charge is 2.33. The number of fused-ring (bicyclic) bond motifs is 1. The maximum Gasteiger partial charge on any atom is 0.276 e. The van der Waals surface area contributed by atoms with Crippen LogP contribution in [0.4, 0.5) is 0 Å². The molecule has 126 valence electrons. The van der Waals surface area contributed by atoms with Gasteiger partial charge in [0.15, 0.2) is 5.69 Å². The number of hydrogen-bond donors (Lipinski definition) is 0. The van der Waals surface area contributed by atoms with Crippen LogP contribution in [0.5, 0.6) is 0 Å². The maximum absolute atomic E-state index is 12.9. The lowest BCUT2D eigenvalue weighted by Crippen LogP contribution is -2.30. The van der Waals surface area contributed by atoms with Crippen molar-refractivity contribution in [1.29, 1.82) is 0 Å². The van der Waals surface area contributed by atoms with Crippen LogP contribution in [0, 0.1) is 13.8 Å². The Morgan fingerprint density at radius 3 is 2.75 bits per heavy atom. The molecule has 24 heavy (non-hydrogen) atoms. The molecule has 0 aromatic carbocycles. The Morgan fingerprint density at radius 2 is 1.96 bits per heavy atom. The predicted octanol–water partition coefficient (Wildman–Crippen LogP) is 2.59. The number of rotatable bonds is 2. The van der Waals surface area contributed by atoms with E-state index in [1.165, 1.54) is 0 Å². The van der Waals surface area contributed by atoms with Crippen molar-refractivity contribution in [3.63, 3.8) is 0 Å². The molecule has 0 bridgehead atoms. The summed E-state index contributed by atoms with van der Waals surface area (Å²) in [5, 5.41) is 4.07. The Hall–Kier alpha value is -2.24. The highest BCUT2D eigenvalue weighted by atomic mass is 16.5. The van der Waals surface area contributed by atoms with Gasteiger partial charge in [-0.05, 0) is 45.6 Å². The number of hydrogen-bond acceptors (Lipinski definition) is 5. The number of carbonyl (C=O) groups excluding carboxylic acids is 1. The van der Waals surface area contributed by atoms with Gasteiger partial charge in [0.05, 0.1) is 0 Å². The second kappa shape index (κ2) is 6.00. The summed E-state index contributed by atoms with van der Waals surface area (Å²) in [6, 6.07) is 1.98. The first kappa shape index (κ1) is 15.3. The zero-order valence-corrected chi connectivity index (χ0v) is 14.2. The van der Waals surface area contributed by atoms with Crippen LogP contribution in [0.25, 0.3) is 0 Å². The molecule has 0 spiro atoms. The molecule has 2 aliphatic rings. The van der Waals surface area contributed by atoms with Crippen molar-refractivity contribution in [2.45, 2.75) is 51.9 Å². The average Bonchev–Trinajstić information content (AvgIpc) is 3.21. The molecule has 1 aliphatic heterocycles. The van der Waals surface area contributed by atoms with Crippen LogP contribution in [-0.2, 0) is 12.8 Å². The molecule has 2 aromatic rings. The van der Waals surface area contributed by atoms with Gasteiger partial charge in [0.2, 0.25) is 0 Å². The van der Waals surface area contributed by atoms with Crippen molar-refractivity contribution >= 4 is 5.91 Å². The predicted molar refractivity (Wildman–Crippen MR) is 87.9 cm³/mol. The molecule has 4 rings (SSSR count). The van der Waals surface area contributed by atoms with Crippen molar-refractivity contribution in [3.05, 3.63) is 40.3 Å². The normalized spacial score (nSPS) is 20.2. The fourth-order valence-corrected chi connectivity index (χ4v) is 3.79. The first-order valence-electron chi connectivity index (χ1n) is 8.70. The van der Waals surface area contributed by atoms with Gasteiger partial charge in [-0.2, -0.15) is 0 Å². The fourth-order valence-electron chi connectivity index (χ4n) is 3.79. The lowest BCUT2D eigenvalue weighted by Gasteiger charge is -2.16. The minimum atomic E-state index is -0.00576. The molecule has 0 unspecified atom stereocenters. The summed E-state index contributed by atoms with van der Waals surface area (Å²) in [6.45, 7) is 5.35. The third kappa shape index (κ3) is 2.70. The molecule has 1 atom stereocenters. The lowest BCUT2D eigenvalue weighted by molar-refractivity contribution is 0.0779. The molecule has 6 nitrogen and oxygen atoms in total. The third-order valence-corrected chi connectivity index (χ3v) is 4.99. The van der Waals surface area contributed by atoms with Gasteiger partial charge in [-0.1, -0.05) is 5.16 Å². The van der Waals surface area contributed by atoms with E-state index in [2.05, 4.69) is 15.1 Å². The Labute approximate surface area is 141 Å². The van der Waals surface area contributed by atoms with Gasteiger partial charge in [-0.25, -0.2) is 9.97 Å². The van der Waals surface area contributed by atoms with Crippen molar-refractivity contribution in [1.82, 2.24) is 20.0 Å². The summed E-state index contributed by atoms with van der Waals surface area (Å²) in [6.07, 6.45) is 4.92. The molecule has 1 aliphatic carbocycles. The largest absolute Gasteiger partial charge is 0.360 e. The molecular weight excluding hydrogens is 304 g/mol. The van der Waals surface area contributed by atoms with Crippen molar-refractivity contribution in [3.8, 4) is 0 Å². The molecule has 3 heterocycles. The molecule has 1 amide bonds. The number of nitrogens with zero attached hydrogens (tertiary/aromatic N) is 4. The van der Waals surface area contributed by atoms with Crippen LogP contribution in [-0.4, -0.2) is 39.0 Å². The third-order valence-electron chi connectivity index (χ3n) is 4.99. The highest BCUT2D eigenvalue weighted by molar-refractivity contribution is 5.94. The second-order valence-electron chi connectivity index (χ2n) is 6.89. The van der Waals surface area contributed by atoms with Crippen molar-refractivity contribution in [2.24, 2.45) is 0 Å². The van der Waals surface area contributed by atoms with E-state index in [1.807, 2.05) is 24.8 Å². The second-order valence-corrected chi connectivity index (χ2v) is 6.89. The van der Waals surface area contributed by atoms with E-state index < -0.39 is 0 Å². The van der Waals surface area contributed by atoms with E-state index in [1.54, 1.807) is 0 Å². The summed E-state index contributed by atoms with van der Waals surface area (Å²) in [4.78, 5) is 23.8. The lowest BCUT2D eigenvalue weighted by atomic mass is 9.96. The Bertz CT molecular complexity index is 763. The van der Waals surface area contributed by atoms with Gasteiger partial charge < -0.3 is 9.42 Å². The van der Waals surface area contributed by atoms with Crippen molar-refractivity contribution in [2.75, 3.05) is 13.1 Å². The number of likely N-dealkylation sites (tertiary alicyclic amines) is 1. The average molecular weight is 326 g/mol. The smallest absolute Gasteiger partial charge is 0.276 e. The number of aromatic nitrogens is 3. The summed E-state index contributed by atoms with van der Waals surface area (Å²) in [7, 11) is 0. The van der Waals surface area contributed by atoms with Crippen LogP contribution in [0.15, 0.2) is 10.6 Å². The summed E-state index contributed by atoms with van der Waals surface area (Å²) in [5.74, 6) is 1.95. The quantitative estimate of drug-likeness (QED) is 0.848. The Kier molecular flexibility index (Phi) is 3.82. The molecule has 2 aromatic heterocycles. The zero-order chi connectivity index (χ0) is 16.7. The van der Waals surface area contributed by atoms with Crippen LogP contribution in [0.1, 0.15) is 64.2 Å². The van der Waals surface area contributed by atoms with Crippen LogP contribution in [0.2, 0.25) is 0 Å². The maximum atomic E-state index is 12.9. The van der Waals surface area contributed by atoms with Gasteiger partial charge in [0.1, 0.15) is 11.6 Å². The number of carbonyl (C=O) groups is 1.